The van der Waals surface area contributed by atoms with Crippen molar-refractivity contribution < 1.29 is 9.53 Å². The molecule has 0 aliphatic rings. The first-order valence-corrected chi connectivity index (χ1v) is 7.91. The van der Waals surface area contributed by atoms with Crippen LogP contribution in [0.4, 0.5) is 4.79 Å². The predicted octanol–water partition coefficient (Wildman–Crippen LogP) is 2.92. The molecule has 0 fully saturated rings. The van der Waals surface area contributed by atoms with Crippen LogP contribution in [0.5, 0.6) is 0 Å². The zero-order valence-electron chi connectivity index (χ0n) is 11.3. The Morgan fingerprint density at radius 1 is 1.17 bits per heavy atom. The van der Waals surface area contributed by atoms with Crippen LogP contribution in [0, 0.1) is 0 Å². The molecule has 0 aliphatic heterocycles. The van der Waals surface area contributed by atoms with Crippen LogP contribution in [0.15, 0.2) is 0 Å². The highest BCUT2D eigenvalue weighted by Crippen LogP contribution is 2.01. The van der Waals surface area contributed by atoms with E-state index in [9.17, 15) is 4.79 Å². The molecule has 0 aliphatic carbocycles. The molecular weight excluding hydrogens is 268 g/mol. The lowest BCUT2D eigenvalue weighted by Gasteiger charge is -2.09. The second-order valence-electron chi connectivity index (χ2n) is 3.83. The second kappa shape index (κ2) is 13.0. The Morgan fingerprint density at radius 3 is 2.39 bits per heavy atom. The quantitative estimate of drug-likeness (QED) is 0.505. The summed E-state index contributed by atoms with van der Waals surface area (Å²) in [5, 5.41) is 6.28. The maximum atomic E-state index is 11.3. The molecule has 0 aromatic heterocycles. The lowest BCUT2D eigenvalue weighted by atomic mass is 10.3. The topological polar surface area (TPSA) is 50.4 Å². The smallest absolute Gasteiger partial charge is 0.279 e. The van der Waals surface area contributed by atoms with Gasteiger partial charge in [0.2, 0.25) is 0 Å². The van der Waals surface area contributed by atoms with Crippen molar-refractivity contribution >= 4 is 34.4 Å². The Bertz CT molecular complexity index is 214. The van der Waals surface area contributed by atoms with E-state index in [1.54, 1.807) is 0 Å². The molecular formula is C12H24N2O2S2. The molecule has 2 N–H and O–H groups in total. The number of nitrogens with one attached hydrogen (secondary N) is 2. The van der Waals surface area contributed by atoms with E-state index < -0.39 is 0 Å². The second-order valence-corrected chi connectivity index (χ2v) is 5.27. The average Bonchev–Trinajstić information content (AvgIpc) is 2.35. The zero-order valence-corrected chi connectivity index (χ0v) is 12.9. The van der Waals surface area contributed by atoms with Crippen molar-refractivity contribution in [3.63, 3.8) is 0 Å². The van der Waals surface area contributed by atoms with Crippen LogP contribution in [-0.2, 0) is 4.74 Å². The average molecular weight is 292 g/mol. The molecule has 18 heavy (non-hydrogen) atoms. The number of unbranched alkanes of at least 4 members (excludes halogenated alkanes) is 2. The maximum absolute atomic E-state index is 11.3. The zero-order chi connectivity index (χ0) is 13.6. The summed E-state index contributed by atoms with van der Waals surface area (Å²) in [4.78, 5) is 11.3. The van der Waals surface area contributed by atoms with E-state index >= 15 is 0 Å². The number of carbonyl (C=O) groups excluding carboxylic acids is 1. The van der Waals surface area contributed by atoms with Gasteiger partial charge in [0.05, 0.1) is 0 Å². The van der Waals surface area contributed by atoms with E-state index in [1.165, 1.54) is 11.8 Å². The van der Waals surface area contributed by atoms with Gasteiger partial charge in [-0.2, -0.15) is 0 Å². The summed E-state index contributed by atoms with van der Waals surface area (Å²) in [6.45, 7) is 6.28. The molecule has 0 saturated carbocycles. The van der Waals surface area contributed by atoms with Crippen molar-refractivity contribution in [2.75, 3.05) is 25.4 Å². The molecule has 0 rings (SSSR count). The largest absolute Gasteiger partial charge is 0.470 e. The van der Waals surface area contributed by atoms with Crippen molar-refractivity contribution in [1.29, 1.82) is 0 Å². The van der Waals surface area contributed by atoms with E-state index in [0.717, 1.165) is 38.8 Å². The molecule has 0 spiro atoms. The van der Waals surface area contributed by atoms with Crippen LogP contribution in [0.3, 0.4) is 0 Å². The SMILES string of the molecule is CCCCNC(=O)SCCOC(=S)NCCCC. The summed E-state index contributed by atoms with van der Waals surface area (Å²) in [7, 11) is 0. The monoisotopic (exact) mass is 292 g/mol. The molecule has 0 aromatic rings. The normalized spacial score (nSPS) is 9.89. The van der Waals surface area contributed by atoms with E-state index in [2.05, 4.69) is 24.5 Å². The van der Waals surface area contributed by atoms with Gasteiger partial charge >= 0.3 is 0 Å². The highest BCUT2D eigenvalue weighted by Gasteiger charge is 2.02. The molecule has 106 valence electrons. The number of hydrogen-bond donors (Lipinski definition) is 2. The van der Waals surface area contributed by atoms with Crippen molar-refractivity contribution in [3.05, 3.63) is 0 Å². The number of rotatable bonds is 9. The van der Waals surface area contributed by atoms with Crippen LogP contribution in [0.1, 0.15) is 39.5 Å². The molecule has 0 unspecified atom stereocenters. The van der Waals surface area contributed by atoms with Crippen LogP contribution >= 0.6 is 24.0 Å². The van der Waals surface area contributed by atoms with Gasteiger partial charge < -0.3 is 15.4 Å². The lowest BCUT2D eigenvalue weighted by molar-refractivity contribution is 0.260. The summed E-state index contributed by atoms with van der Waals surface area (Å²) in [6, 6.07) is 0. The summed E-state index contributed by atoms with van der Waals surface area (Å²) in [5.74, 6) is 0.619. The molecule has 0 aromatic carbocycles. The fraction of sp³-hybridized carbons (Fsp3) is 0.833. The first-order valence-electron chi connectivity index (χ1n) is 6.52. The van der Waals surface area contributed by atoms with Crippen molar-refractivity contribution in [3.8, 4) is 0 Å². The Balaban J connectivity index is 3.32. The number of ether oxygens (including phenoxy) is 1. The van der Waals surface area contributed by atoms with E-state index in [1.807, 2.05) is 0 Å². The Hall–Kier alpha value is -0.490. The number of hydrogen-bond acceptors (Lipinski definition) is 4. The van der Waals surface area contributed by atoms with Gasteiger partial charge in [0.1, 0.15) is 6.61 Å². The molecule has 1 amide bonds. The van der Waals surface area contributed by atoms with Gasteiger partial charge in [-0.05, 0) is 25.1 Å². The third kappa shape index (κ3) is 12.0. The number of thiocarbonyl (C=S) groups is 1. The third-order valence-electron chi connectivity index (χ3n) is 2.15. The maximum Gasteiger partial charge on any atom is 0.279 e. The van der Waals surface area contributed by atoms with Crippen LogP contribution in [0.25, 0.3) is 0 Å². The van der Waals surface area contributed by atoms with Crippen molar-refractivity contribution in [2.24, 2.45) is 0 Å². The van der Waals surface area contributed by atoms with Gasteiger partial charge in [-0.3, -0.25) is 4.79 Å². The molecule has 4 nitrogen and oxygen atoms in total. The fourth-order valence-electron chi connectivity index (χ4n) is 1.11. The highest BCUT2D eigenvalue weighted by atomic mass is 32.2. The van der Waals surface area contributed by atoms with Crippen LogP contribution < -0.4 is 10.6 Å². The van der Waals surface area contributed by atoms with Crippen LogP contribution in [-0.4, -0.2) is 35.9 Å². The number of thioether (sulfide) groups is 1. The van der Waals surface area contributed by atoms with Gasteiger partial charge in [0, 0.05) is 18.8 Å². The highest BCUT2D eigenvalue weighted by molar-refractivity contribution is 8.13. The van der Waals surface area contributed by atoms with E-state index in [-0.39, 0.29) is 5.24 Å². The Kier molecular flexibility index (Phi) is 12.6. The Labute approximate surface area is 120 Å². The lowest BCUT2D eigenvalue weighted by Crippen LogP contribution is -2.26. The summed E-state index contributed by atoms with van der Waals surface area (Å²) >= 11 is 6.22. The first kappa shape index (κ1) is 17.5. The summed E-state index contributed by atoms with van der Waals surface area (Å²) in [6.07, 6.45) is 4.32. The molecule has 0 atom stereocenters. The molecule has 6 heteroatoms. The minimum Gasteiger partial charge on any atom is -0.470 e. The van der Waals surface area contributed by atoms with Crippen LogP contribution in [0.2, 0.25) is 0 Å². The minimum absolute atomic E-state index is 0.0110. The first-order chi connectivity index (χ1) is 8.70. The summed E-state index contributed by atoms with van der Waals surface area (Å²) < 4.78 is 5.28. The van der Waals surface area contributed by atoms with E-state index in [4.69, 9.17) is 17.0 Å². The molecule has 0 heterocycles. The van der Waals surface area contributed by atoms with Crippen molar-refractivity contribution in [1.82, 2.24) is 10.6 Å². The van der Waals surface area contributed by atoms with Gasteiger partial charge in [0.15, 0.2) is 0 Å². The van der Waals surface area contributed by atoms with Gasteiger partial charge in [-0.25, -0.2) is 0 Å². The van der Waals surface area contributed by atoms with Gasteiger partial charge in [-0.1, -0.05) is 38.5 Å². The van der Waals surface area contributed by atoms with Gasteiger partial charge in [0.25, 0.3) is 10.4 Å². The minimum atomic E-state index is 0.0110. The van der Waals surface area contributed by atoms with Crippen molar-refractivity contribution in [2.45, 2.75) is 39.5 Å². The fourth-order valence-corrected chi connectivity index (χ4v) is 1.85. The molecule has 0 saturated heterocycles. The Morgan fingerprint density at radius 2 is 1.78 bits per heavy atom. The predicted molar refractivity (Wildman–Crippen MR) is 82.2 cm³/mol. The molecule has 0 bridgehead atoms. The summed E-state index contributed by atoms with van der Waals surface area (Å²) in [5.41, 5.74) is 0. The molecule has 0 radical (unpaired) electrons. The van der Waals surface area contributed by atoms with Gasteiger partial charge in [-0.15, -0.1) is 0 Å². The standard InChI is InChI=1S/C12H24N2O2S2/c1-3-5-7-13-11(15)18-10-9-16-12(17)14-8-6-4-2/h3-10H2,1-2H3,(H,13,15)(H,14,17). The number of carbonyl (C=O) groups is 1. The third-order valence-corrected chi connectivity index (χ3v) is 3.19. The number of amides is 1. The van der Waals surface area contributed by atoms with E-state index in [0.29, 0.717) is 17.5 Å².